The van der Waals surface area contributed by atoms with Crippen molar-refractivity contribution in [2.75, 3.05) is 11.5 Å². The molecule has 1 aromatic rings. The fourth-order valence-corrected chi connectivity index (χ4v) is 5.68. The average molecular weight is 401 g/mol. The van der Waals surface area contributed by atoms with Gasteiger partial charge < -0.3 is 16.2 Å². The molecule has 2 aliphatic heterocycles. The molecule has 9 nitrogen and oxygen atoms in total. The molecule has 0 aromatic carbocycles. The summed E-state index contributed by atoms with van der Waals surface area (Å²) in [5.74, 6) is -0.717. The number of β-lactam (4-membered cyclic amide) rings is 1. The van der Waals surface area contributed by atoms with E-state index in [0.29, 0.717) is 33.0 Å². The van der Waals surface area contributed by atoms with Gasteiger partial charge in [0.05, 0.1) is 6.54 Å². The molecule has 0 aliphatic carbocycles. The van der Waals surface area contributed by atoms with Crippen LogP contribution < -0.4 is 11.1 Å². The molecule has 1 aromatic heterocycles. The molecule has 25 heavy (non-hydrogen) atoms. The number of carboxylic acid groups (broad SMARTS) is 1. The van der Waals surface area contributed by atoms with Crippen molar-refractivity contribution in [3.63, 3.8) is 0 Å². The van der Waals surface area contributed by atoms with Gasteiger partial charge in [0, 0.05) is 18.4 Å². The highest BCUT2D eigenvalue weighted by molar-refractivity contribution is 8.01. The lowest BCUT2D eigenvalue weighted by Crippen LogP contribution is -2.68. The fourth-order valence-electron chi connectivity index (χ4n) is 2.41. The van der Waals surface area contributed by atoms with Crippen molar-refractivity contribution in [2.45, 2.75) is 29.2 Å². The Hall–Kier alpha value is -1.63. The van der Waals surface area contributed by atoms with Gasteiger partial charge in [0.2, 0.25) is 11.8 Å². The van der Waals surface area contributed by atoms with E-state index in [2.05, 4.69) is 15.5 Å². The number of hydrogen-bond acceptors (Lipinski definition) is 9. The van der Waals surface area contributed by atoms with E-state index in [1.165, 1.54) is 46.7 Å². The quantitative estimate of drug-likeness (QED) is 0.438. The zero-order valence-corrected chi connectivity index (χ0v) is 15.5. The van der Waals surface area contributed by atoms with Gasteiger partial charge in [-0.1, -0.05) is 23.1 Å². The van der Waals surface area contributed by atoms with E-state index in [0.717, 1.165) is 0 Å². The van der Waals surface area contributed by atoms with E-state index in [4.69, 9.17) is 5.73 Å². The second-order valence-corrected chi connectivity index (χ2v) is 8.74. The molecule has 1 saturated heterocycles. The minimum atomic E-state index is -1.12. The van der Waals surface area contributed by atoms with Crippen LogP contribution in [0.15, 0.2) is 15.6 Å². The van der Waals surface area contributed by atoms with Crippen molar-refractivity contribution in [2.24, 2.45) is 5.73 Å². The van der Waals surface area contributed by atoms with Crippen molar-refractivity contribution < 1.29 is 19.5 Å². The minimum Gasteiger partial charge on any atom is -0.477 e. The van der Waals surface area contributed by atoms with Gasteiger partial charge in [-0.05, 0) is 5.57 Å². The smallest absolute Gasteiger partial charge is 0.352 e. The first-order valence-corrected chi connectivity index (χ1v) is 10.1. The van der Waals surface area contributed by atoms with Crippen molar-refractivity contribution in [1.29, 1.82) is 0 Å². The maximum absolute atomic E-state index is 11.9. The molecule has 4 N–H and O–H groups in total. The maximum Gasteiger partial charge on any atom is 0.352 e. The molecule has 3 heterocycles. The number of nitrogens with two attached hydrogens (primary N) is 1. The van der Waals surface area contributed by atoms with Gasteiger partial charge in [-0.2, -0.15) is 0 Å². The van der Waals surface area contributed by atoms with Gasteiger partial charge in [0.25, 0.3) is 0 Å². The molecule has 3 rings (SSSR count). The highest BCUT2D eigenvalue weighted by atomic mass is 32.2. The predicted octanol–water partition coefficient (Wildman–Crippen LogP) is -0.153. The van der Waals surface area contributed by atoms with Crippen molar-refractivity contribution in [3.8, 4) is 0 Å². The minimum absolute atomic E-state index is 0.0333. The highest BCUT2D eigenvalue weighted by Crippen LogP contribution is 2.40. The first-order chi connectivity index (χ1) is 11.9. The third kappa shape index (κ3) is 3.66. The SMILES string of the molecule is CC(=O)NCc1nnc(SCC2=C(C(=O)O)N3C(=O)C(N)C3SC2)s1. The number of nitrogens with one attached hydrogen (secondary N) is 1. The van der Waals surface area contributed by atoms with Crippen LogP contribution in [0.1, 0.15) is 11.9 Å². The van der Waals surface area contributed by atoms with Gasteiger partial charge in [0.1, 0.15) is 22.1 Å². The lowest BCUT2D eigenvalue weighted by atomic mass is 10.0. The van der Waals surface area contributed by atoms with Crippen LogP contribution >= 0.6 is 34.9 Å². The summed E-state index contributed by atoms with van der Waals surface area (Å²) >= 11 is 4.17. The first kappa shape index (κ1) is 18.2. The number of carbonyl (C=O) groups is 3. The molecule has 1 fully saturated rings. The van der Waals surface area contributed by atoms with Crippen LogP contribution in [-0.4, -0.2) is 60.9 Å². The lowest BCUT2D eigenvalue weighted by molar-refractivity contribution is -0.147. The van der Waals surface area contributed by atoms with E-state index in [-0.39, 0.29) is 22.9 Å². The molecule has 0 radical (unpaired) electrons. The summed E-state index contributed by atoms with van der Waals surface area (Å²) in [4.78, 5) is 35.7. The van der Waals surface area contributed by atoms with Gasteiger partial charge in [-0.25, -0.2) is 4.79 Å². The summed E-state index contributed by atoms with van der Waals surface area (Å²) in [5, 5.41) is 20.5. The van der Waals surface area contributed by atoms with E-state index in [1.54, 1.807) is 0 Å². The second-order valence-electron chi connectivity index (χ2n) is 5.35. The number of thioether (sulfide) groups is 2. The lowest BCUT2D eigenvalue weighted by Gasteiger charge is -2.48. The van der Waals surface area contributed by atoms with Crippen LogP contribution in [0, 0.1) is 0 Å². The zero-order valence-electron chi connectivity index (χ0n) is 13.1. The number of amides is 2. The van der Waals surface area contributed by atoms with Gasteiger partial charge >= 0.3 is 5.97 Å². The highest BCUT2D eigenvalue weighted by Gasteiger charge is 2.51. The van der Waals surface area contributed by atoms with E-state index in [9.17, 15) is 19.5 Å². The third-order valence-electron chi connectivity index (χ3n) is 3.60. The number of hydrogen-bond donors (Lipinski definition) is 3. The van der Waals surface area contributed by atoms with Gasteiger partial charge in [-0.15, -0.1) is 22.0 Å². The van der Waals surface area contributed by atoms with E-state index < -0.39 is 12.0 Å². The number of carbonyl (C=O) groups excluding carboxylic acids is 2. The normalized spacial score (nSPS) is 22.5. The van der Waals surface area contributed by atoms with E-state index >= 15 is 0 Å². The van der Waals surface area contributed by atoms with Crippen LogP contribution in [-0.2, 0) is 20.9 Å². The Morgan fingerprint density at radius 1 is 1.48 bits per heavy atom. The van der Waals surface area contributed by atoms with Crippen molar-refractivity contribution >= 4 is 52.6 Å². The third-order valence-corrected chi connectivity index (χ3v) is 7.10. The Balaban J connectivity index is 1.68. The number of rotatable bonds is 6. The Labute approximate surface area is 155 Å². The summed E-state index contributed by atoms with van der Waals surface area (Å²) in [6.45, 7) is 1.74. The number of fused-ring (bicyclic) bond motifs is 1. The molecule has 0 spiro atoms. The molecule has 0 saturated carbocycles. The monoisotopic (exact) mass is 401 g/mol. The number of aliphatic carboxylic acids is 1. The first-order valence-electron chi connectivity index (χ1n) is 7.23. The van der Waals surface area contributed by atoms with Crippen LogP contribution in [0.2, 0.25) is 0 Å². The Bertz CT molecular complexity index is 765. The maximum atomic E-state index is 11.9. The predicted molar refractivity (Wildman–Crippen MR) is 93.9 cm³/mol. The molecule has 2 amide bonds. The van der Waals surface area contributed by atoms with Crippen LogP contribution in [0.4, 0.5) is 0 Å². The molecule has 2 aliphatic rings. The molecule has 12 heteroatoms. The summed E-state index contributed by atoms with van der Waals surface area (Å²) in [6, 6.07) is -0.631. The summed E-state index contributed by atoms with van der Waals surface area (Å²) < 4.78 is 0.677. The molecule has 0 bridgehead atoms. The molecular weight excluding hydrogens is 386 g/mol. The largest absolute Gasteiger partial charge is 0.477 e. The van der Waals surface area contributed by atoms with Gasteiger partial charge in [-0.3, -0.25) is 14.5 Å². The van der Waals surface area contributed by atoms with Crippen LogP contribution in [0.3, 0.4) is 0 Å². The number of carboxylic acids is 1. The Morgan fingerprint density at radius 2 is 2.24 bits per heavy atom. The zero-order chi connectivity index (χ0) is 18.1. The van der Waals surface area contributed by atoms with Gasteiger partial charge in [0.15, 0.2) is 4.34 Å². The Kier molecular flexibility index (Phi) is 5.32. The second kappa shape index (κ2) is 7.32. The van der Waals surface area contributed by atoms with Crippen molar-refractivity contribution in [1.82, 2.24) is 20.4 Å². The molecule has 2 atom stereocenters. The molecular formula is C13H15N5O4S3. The number of aromatic nitrogens is 2. The summed E-state index contributed by atoms with van der Waals surface area (Å²) in [5.41, 5.74) is 6.42. The number of nitrogens with zero attached hydrogens (tertiary/aromatic N) is 3. The average Bonchev–Trinajstić information content (AvgIpc) is 3.04. The van der Waals surface area contributed by atoms with E-state index in [1.807, 2.05) is 0 Å². The topological polar surface area (TPSA) is 139 Å². The van der Waals surface area contributed by atoms with Crippen molar-refractivity contribution in [3.05, 3.63) is 16.3 Å². The Morgan fingerprint density at radius 3 is 2.92 bits per heavy atom. The summed E-state index contributed by atoms with van der Waals surface area (Å²) in [7, 11) is 0. The fraction of sp³-hybridized carbons (Fsp3) is 0.462. The van der Waals surface area contributed by atoms with Crippen LogP contribution in [0.25, 0.3) is 0 Å². The molecule has 134 valence electrons. The standard InChI is InChI=1S/C13H15N5O4S3/c1-5(19)15-2-7-16-17-13(25-7)24-4-6-3-23-11-8(14)10(20)18(11)9(6)12(21)22/h8,11H,2-4,14H2,1H3,(H,15,19)(H,21,22). The van der Waals surface area contributed by atoms with Crippen LogP contribution in [0.5, 0.6) is 0 Å². The molecule has 2 unspecified atom stereocenters. The summed E-state index contributed by atoms with van der Waals surface area (Å²) in [6.07, 6.45) is 0.